The molecule has 0 radical (unpaired) electrons. The van der Waals surface area contributed by atoms with Crippen molar-refractivity contribution in [3.8, 4) is 0 Å². The molecule has 3 atom stereocenters. The van der Waals surface area contributed by atoms with Gasteiger partial charge in [-0.15, -0.1) is 0 Å². The van der Waals surface area contributed by atoms with E-state index in [1.807, 2.05) is 0 Å². The van der Waals surface area contributed by atoms with E-state index in [0.717, 1.165) is 11.8 Å². The summed E-state index contributed by atoms with van der Waals surface area (Å²) < 4.78 is 0. The van der Waals surface area contributed by atoms with Gasteiger partial charge in [-0.25, -0.2) is 0 Å². The zero-order valence-electron chi connectivity index (χ0n) is 12.8. The summed E-state index contributed by atoms with van der Waals surface area (Å²) in [6, 6.07) is 9.76. The Hall–Kier alpha value is -0.980. The second-order valence-corrected chi connectivity index (χ2v) is 6.41. The minimum Gasteiger partial charge on any atom is -0.382 e. The van der Waals surface area contributed by atoms with Crippen LogP contribution in [0.5, 0.6) is 0 Å². The summed E-state index contributed by atoms with van der Waals surface area (Å²) >= 11 is 0. The number of benzene rings is 1. The van der Waals surface area contributed by atoms with Crippen LogP contribution in [0.3, 0.4) is 0 Å². The first-order chi connectivity index (χ1) is 9.19. The van der Waals surface area contributed by atoms with Crippen LogP contribution in [0.25, 0.3) is 0 Å². The van der Waals surface area contributed by atoms with E-state index in [4.69, 9.17) is 0 Å². The lowest BCUT2D eigenvalue weighted by Gasteiger charge is -2.33. The van der Waals surface area contributed by atoms with E-state index >= 15 is 0 Å². The lowest BCUT2D eigenvalue weighted by molar-refractivity contribution is 0.261. The Morgan fingerprint density at radius 1 is 1.05 bits per heavy atom. The molecule has 0 amide bonds. The Bertz CT molecular complexity index is 368. The molecule has 19 heavy (non-hydrogen) atoms. The van der Waals surface area contributed by atoms with E-state index in [1.165, 1.54) is 49.8 Å². The molecule has 1 heteroatoms. The predicted octanol–water partition coefficient (Wildman–Crippen LogP) is 5.27. The summed E-state index contributed by atoms with van der Waals surface area (Å²) in [5.41, 5.74) is 2.77. The average Bonchev–Trinajstić information content (AvgIpc) is 2.42. The number of hydrogen-bond donors (Lipinski definition) is 1. The maximum absolute atomic E-state index is 3.72. The molecular weight excluding hydrogens is 230 g/mol. The van der Waals surface area contributed by atoms with Crippen molar-refractivity contribution in [1.82, 2.24) is 0 Å². The van der Waals surface area contributed by atoms with E-state index in [0.29, 0.717) is 6.04 Å². The molecular formula is C18H29N. The van der Waals surface area contributed by atoms with Gasteiger partial charge in [0.25, 0.3) is 0 Å². The number of anilines is 1. The molecule has 1 aliphatic carbocycles. The Labute approximate surface area is 118 Å². The van der Waals surface area contributed by atoms with E-state index in [-0.39, 0.29) is 0 Å². The molecule has 1 aromatic rings. The number of rotatable bonds is 5. The third-order valence-electron chi connectivity index (χ3n) is 4.74. The molecule has 2 rings (SSSR count). The van der Waals surface area contributed by atoms with Gasteiger partial charge < -0.3 is 5.32 Å². The van der Waals surface area contributed by atoms with Crippen LogP contribution in [-0.4, -0.2) is 6.04 Å². The molecule has 106 valence electrons. The average molecular weight is 259 g/mol. The summed E-state index contributed by atoms with van der Waals surface area (Å²) in [7, 11) is 0. The minimum atomic E-state index is 0.674. The molecule has 0 bridgehead atoms. The molecule has 1 aromatic carbocycles. The van der Waals surface area contributed by atoms with Gasteiger partial charge in [-0.1, -0.05) is 39.3 Å². The number of nitrogens with one attached hydrogen (secondary N) is 1. The number of aryl methyl sites for hydroxylation is 1. The Morgan fingerprint density at radius 3 is 2.42 bits per heavy atom. The quantitative estimate of drug-likeness (QED) is 0.760. The van der Waals surface area contributed by atoms with E-state index in [9.17, 15) is 0 Å². The molecule has 1 aliphatic rings. The van der Waals surface area contributed by atoms with Crippen LogP contribution in [0.15, 0.2) is 24.3 Å². The Kier molecular flexibility index (Phi) is 5.30. The van der Waals surface area contributed by atoms with Crippen molar-refractivity contribution in [2.75, 3.05) is 5.32 Å². The standard InChI is InChI=1S/C18H29N/c1-4-5-6-16-8-11-17(12-9-16)19-18-10-7-14(2)15(3)13-18/h8-9,11-12,14-15,18-19H,4-7,10,13H2,1-3H3. The van der Waals surface area contributed by atoms with Gasteiger partial charge in [0.2, 0.25) is 0 Å². The van der Waals surface area contributed by atoms with E-state index in [1.54, 1.807) is 0 Å². The van der Waals surface area contributed by atoms with Crippen molar-refractivity contribution in [3.05, 3.63) is 29.8 Å². The largest absolute Gasteiger partial charge is 0.382 e. The third-order valence-corrected chi connectivity index (χ3v) is 4.74. The second-order valence-electron chi connectivity index (χ2n) is 6.41. The monoisotopic (exact) mass is 259 g/mol. The Morgan fingerprint density at radius 2 is 1.79 bits per heavy atom. The fraction of sp³-hybridized carbons (Fsp3) is 0.667. The summed E-state index contributed by atoms with van der Waals surface area (Å²) in [6.07, 6.45) is 7.80. The minimum absolute atomic E-state index is 0.674. The highest BCUT2D eigenvalue weighted by atomic mass is 14.9. The molecule has 0 saturated heterocycles. The highest BCUT2D eigenvalue weighted by Crippen LogP contribution is 2.31. The van der Waals surface area contributed by atoms with Crippen molar-refractivity contribution < 1.29 is 0 Å². The van der Waals surface area contributed by atoms with Gasteiger partial charge in [0.05, 0.1) is 0 Å². The SMILES string of the molecule is CCCCc1ccc(NC2CCC(C)C(C)C2)cc1. The van der Waals surface area contributed by atoms with Crippen molar-refractivity contribution in [3.63, 3.8) is 0 Å². The number of unbranched alkanes of at least 4 members (excludes halogenated alkanes) is 1. The van der Waals surface area contributed by atoms with Crippen molar-refractivity contribution in [2.45, 2.75) is 65.3 Å². The molecule has 1 nitrogen and oxygen atoms in total. The van der Waals surface area contributed by atoms with Gasteiger partial charge >= 0.3 is 0 Å². The first kappa shape index (κ1) is 14.4. The van der Waals surface area contributed by atoms with Gasteiger partial charge in [-0.05, 0) is 61.6 Å². The van der Waals surface area contributed by atoms with Gasteiger partial charge in [-0.3, -0.25) is 0 Å². The molecule has 1 saturated carbocycles. The fourth-order valence-corrected chi connectivity index (χ4v) is 3.06. The molecule has 0 aliphatic heterocycles. The summed E-state index contributed by atoms with van der Waals surface area (Å²) in [5.74, 6) is 1.75. The third kappa shape index (κ3) is 4.26. The van der Waals surface area contributed by atoms with Gasteiger partial charge in [0.1, 0.15) is 0 Å². The maximum Gasteiger partial charge on any atom is 0.0342 e. The first-order valence-corrected chi connectivity index (χ1v) is 8.04. The first-order valence-electron chi connectivity index (χ1n) is 8.04. The molecule has 1 fully saturated rings. The zero-order chi connectivity index (χ0) is 13.7. The van der Waals surface area contributed by atoms with Crippen molar-refractivity contribution >= 4 is 5.69 Å². The Balaban J connectivity index is 1.85. The highest BCUT2D eigenvalue weighted by Gasteiger charge is 2.24. The van der Waals surface area contributed by atoms with Crippen molar-refractivity contribution in [1.29, 1.82) is 0 Å². The zero-order valence-corrected chi connectivity index (χ0v) is 12.8. The predicted molar refractivity (Wildman–Crippen MR) is 84.6 cm³/mol. The molecule has 0 aromatic heterocycles. The lowest BCUT2D eigenvalue weighted by Crippen LogP contribution is -2.30. The highest BCUT2D eigenvalue weighted by molar-refractivity contribution is 5.45. The van der Waals surface area contributed by atoms with Crippen LogP contribution in [0.2, 0.25) is 0 Å². The van der Waals surface area contributed by atoms with Crippen LogP contribution in [0.1, 0.15) is 58.4 Å². The lowest BCUT2D eigenvalue weighted by atomic mass is 9.79. The van der Waals surface area contributed by atoms with Crippen LogP contribution < -0.4 is 5.32 Å². The number of hydrogen-bond acceptors (Lipinski definition) is 1. The van der Waals surface area contributed by atoms with Crippen LogP contribution in [0, 0.1) is 11.8 Å². The summed E-state index contributed by atoms with van der Waals surface area (Å²) in [6.45, 7) is 7.04. The van der Waals surface area contributed by atoms with E-state index < -0.39 is 0 Å². The van der Waals surface area contributed by atoms with Crippen LogP contribution in [0.4, 0.5) is 5.69 Å². The smallest absolute Gasteiger partial charge is 0.0342 e. The molecule has 3 unspecified atom stereocenters. The molecule has 0 heterocycles. The maximum atomic E-state index is 3.72. The topological polar surface area (TPSA) is 12.0 Å². The van der Waals surface area contributed by atoms with Crippen LogP contribution >= 0.6 is 0 Å². The summed E-state index contributed by atoms with van der Waals surface area (Å²) in [5, 5.41) is 3.72. The van der Waals surface area contributed by atoms with E-state index in [2.05, 4.69) is 50.4 Å². The molecule has 0 spiro atoms. The van der Waals surface area contributed by atoms with Gasteiger partial charge in [0, 0.05) is 11.7 Å². The van der Waals surface area contributed by atoms with Crippen molar-refractivity contribution in [2.24, 2.45) is 11.8 Å². The molecule has 1 N–H and O–H groups in total. The summed E-state index contributed by atoms with van der Waals surface area (Å²) in [4.78, 5) is 0. The van der Waals surface area contributed by atoms with Gasteiger partial charge in [-0.2, -0.15) is 0 Å². The fourth-order valence-electron chi connectivity index (χ4n) is 3.06. The normalized spacial score (nSPS) is 27.2. The van der Waals surface area contributed by atoms with Crippen LogP contribution in [-0.2, 0) is 6.42 Å². The van der Waals surface area contributed by atoms with Gasteiger partial charge in [0.15, 0.2) is 0 Å². The second kappa shape index (κ2) is 6.98.